The van der Waals surface area contributed by atoms with Crippen LogP contribution in [0.25, 0.3) is 0 Å². The molecule has 0 aliphatic carbocycles. The lowest BCUT2D eigenvalue weighted by Gasteiger charge is -2.24. The quantitative estimate of drug-likeness (QED) is 0.786. The van der Waals surface area contributed by atoms with E-state index in [1.54, 1.807) is 0 Å². The number of aliphatic hydroxyl groups is 1. The van der Waals surface area contributed by atoms with Gasteiger partial charge in [0.25, 0.3) is 6.48 Å². The van der Waals surface area contributed by atoms with Gasteiger partial charge < -0.3 is 19.3 Å². The molecule has 1 aliphatic heterocycles. The third-order valence-corrected chi connectivity index (χ3v) is 2.44. The van der Waals surface area contributed by atoms with Crippen LogP contribution in [0.5, 0.6) is 0 Å². The van der Waals surface area contributed by atoms with Gasteiger partial charge in [0.15, 0.2) is 0 Å². The highest BCUT2D eigenvalue weighted by Gasteiger charge is 2.38. The molecular formula is C12H24O4. The molecule has 1 unspecified atom stereocenters. The molecule has 3 atom stereocenters. The van der Waals surface area contributed by atoms with Gasteiger partial charge in [-0.2, -0.15) is 0 Å². The summed E-state index contributed by atoms with van der Waals surface area (Å²) in [7, 11) is 0. The summed E-state index contributed by atoms with van der Waals surface area (Å²) in [5.41, 5.74) is 0.154. The molecule has 1 saturated heterocycles. The van der Waals surface area contributed by atoms with Crippen LogP contribution >= 0.6 is 0 Å². The van der Waals surface area contributed by atoms with Crippen molar-refractivity contribution in [1.29, 1.82) is 0 Å². The Hall–Kier alpha value is -0.160. The van der Waals surface area contributed by atoms with Crippen molar-refractivity contribution in [3.8, 4) is 0 Å². The zero-order chi connectivity index (χ0) is 12.2. The third-order valence-electron chi connectivity index (χ3n) is 2.44. The molecule has 0 spiro atoms. The molecule has 1 N–H and O–H groups in total. The molecule has 0 aromatic carbocycles. The number of hydrogen-bond donors (Lipinski definition) is 1. The van der Waals surface area contributed by atoms with Gasteiger partial charge in [-0.3, -0.25) is 0 Å². The first kappa shape index (κ1) is 13.9. The lowest BCUT2D eigenvalue weighted by molar-refractivity contribution is -0.244. The topological polar surface area (TPSA) is 47.9 Å². The molecule has 96 valence electrons. The molecule has 0 bridgehead atoms. The minimum atomic E-state index is -0.607. The monoisotopic (exact) mass is 232 g/mol. The summed E-state index contributed by atoms with van der Waals surface area (Å²) in [5, 5.41) is 9.22. The minimum Gasteiger partial charge on any atom is -0.394 e. The fourth-order valence-electron chi connectivity index (χ4n) is 1.73. The average Bonchev–Trinajstić information content (AvgIpc) is 2.54. The van der Waals surface area contributed by atoms with E-state index in [2.05, 4.69) is 20.8 Å². The van der Waals surface area contributed by atoms with E-state index in [9.17, 15) is 5.11 Å². The Balaban J connectivity index is 2.44. The SMILES string of the molecule is CCCOC1O[C@H](CO)[C@@H](CC(C)(C)C)O1. The summed E-state index contributed by atoms with van der Waals surface area (Å²) in [4.78, 5) is 0. The predicted molar refractivity (Wildman–Crippen MR) is 60.9 cm³/mol. The third kappa shape index (κ3) is 4.37. The van der Waals surface area contributed by atoms with Gasteiger partial charge in [0.1, 0.15) is 6.10 Å². The van der Waals surface area contributed by atoms with Crippen molar-refractivity contribution in [2.24, 2.45) is 5.41 Å². The van der Waals surface area contributed by atoms with Crippen LogP contribution < -0.4 is 0 Å². The van der Waals surface area contributed by atoms with E-state index < -0.39 is 6.48 Å². The van der Waals surface area contributed by atoms with Gasteiger partial charge >= 0.3 is 0 Å². The van der Waals surface area contributed by atoms with Gasteiger partial charge in [-0.15, -0.1) is 0 Å². The lowest BCUT2D eigenvalue weighted by atomic mass is 9.88. The Morgan fingerprint density at radius 3 is 2.31 bits per heavy atom. The van der Waals surface area contributed by atoms with Crippen molar-refractivity contribution in [2.45, 2.75) is 59.2 Å². The molecule has 1 heterocycles. The molecule has 1 aliphatic rings. The first-order valence-corrected chi connectivity index (χ1v) is 5.99. The van der Waals surface area contributed by atoms with Gasteiger partial charge in [-0.05, 0) is 18.3 Å². The summed E-state index contributed by atoms with van der Waals surface area (Å²) in [6.07, 6.45) is 1.44. The number of rotatable bonds is 5. The van der Waals surface area contributed by atoms with E-state index in [-0.39, 0.29) is 24.2 Å². The van der Waals surface area contributed by atoms with Gasteiger partial charge in [0.05, 0.1) is 19.3 Å². The molecule has 4 nitrogen and oxygen atoms in total. The second kappa shape index (κ2) is 5.96. The fraction of sp³-hybridized carbons (Fsp3) is 1.00. The first-order valence-electron chi connectivity index (χ1n) is 5.99. The standard InChI is InChI=1S/C12H24O4/c1-5-6-14-11-15-9(7-12(2,3)4)10(8-13)16-11/h9-11,13H,5-8H2,1-4H3/t9-,10-,11?/m1/s1. The van der Waals surface area contributed by atoms with Gasteiger partial charge in [0.2, 0.25) is 0 Å². The molecule has 16 heavy (non-hydrogen) atoms. The van der Waals surface area contributed by atoms with Crippen molar-refractivity contribution in [1.82, 2.24) is 0 Å². The number of aliphatic hydroxyl groups excluding tert-OH is 1. The molecule has 0 radical (unpaired) electrons. The highest BCUT2D eigenvalue weighted by molar-refractivity contribution is 4.79. The highest BCUT2D eigenvalue weighted by atomic mass is 16.9. The first-order chi connectivity index (χ1) is 7.46. The van der Waals surface area contributed by atoms with E-state index >= 15 is 0 Å². The van der Waals surface area contributed by atoms with Crippen LogP contribution in [0.15, 0.2) is 0 Å². The predicted octanol–water partition coefficient (Wildman–Crippen LogP) is 1.91. The maximum absolute atomic E-state index is 9.22. The van der Waals surface area contributed by atoms with E-state index in [1.165, 1.54) is 0 Å². The Morgan fingerprint density at radius 2 is 1.81 bits per heavy atom. The van der Waals surface area contributed by atoms with Crippen LogP contribution in [-0.4, -0.2) is 37.0 Å². The van der Waals surface area contributed by atoms with Crippen molar-refractivity contribution >= 4 is 0 Å². The second-order valence-corrected chi connectivity index (χ2v) is 5.46. The molecule has 0 aromatic heterocycles. The maximum Gasteiger partial charge on any atom is 0.272 e. The molecule has 0 saturated carbocycles. The summed E-state index contributed by atoms with van der Waals surface area (Å²) in [6, 6.07) is 0. The van der Waals surface area contributed by atoms with Crippen LogP contribution in [0.4, 0.5) is 0 Å². The van der Waals surface area contributed by atoms with Gasteiger partial charge in [0, 0.05) is 0 Å². The van der Waals surface area contributed by atoms with E-state index in [0.717, 1.165) is 12.8 Å². The normalized spacial score (nSPS) is 30.9. The molecule has 1 fully saturated rings. The fourth-order valence-corrected chi connectivity index (χ4v) is 1.73. The molecular weight excluding hydrogens is 208 g/mol. The second-order valence-electron chi connectivity index (χ2n) is 5.46. The van der Waals surface area contributed by atoms with Crippen LogP contribution in [0.2, 0.25) is 0 Å². The summed E-state index contributed by atoms with van der Waals surface area (Å²) >= 11 is 0. The zero-order valence-corrected chi connectivity index (χ0v) is 10.7. The number of ether oxygens (including phenoxy) is 3. The Kier molecular flexibility index (Phi) is 5.18. The van der Waals surface area contributed by atoms with Crippen molar-refractivity contribution in [3.05, 3.63) is 0 Å². The summed E-state index contributed by atoms with van der Waals surface area (Å²) in [6.45, 7) is 8.45. The average molecular weight is 232 g/mol. The van der Waals surface area contributed by atoms with E-state index in [0.29, 0.717) is 6.61 Å². The maximum atomic E-state index is 9.22. The molecule has 4 heteroatoms. The van der Waals surface area contributed by atoms with Crippen LogP contribution in [-0.2, 0) is 14.2 Å². The smallest absolute Gasteiger partial charge is 0.272 e. The molecule has 1 rings (SSSR count). The highest BCUT2D eigenvalue weighted by Crippen LogP contribution is 2.30. The number of hydrogen-bond acceptors (Lipinski definition) is 4. The van der Waals surface area contributed by atoms with Gasteiger partial charge in [-0.1, -0.05) is 27.7 Å². The lowest BCUT2D eigenvalue weighted by Crippen LogP contribution is -2.30. The Labute approximate surface area is 97.9 Å². The summed E-state index contributed by atoms with van der Waals surface area (Å²) in [5.74, 6) is 0. The van der Waals surface area contributed by atoms with Crippen LogP contribution in [0.3, 0.4) is 0 Å². The molecule has 0 aromatic rings. The summed E-state index contributed by atoms with van der Waals surface area (Å²) < 4.78 is 16.5. The van der Waals surface area contributed by atoms with Crippen molar-refractivity contribution in [2.75, 3.05) is 13.2 Å². The Bertz CT molecular complexity index is 200. The zero-order valence-electron chi connectivity index (χ0n) is 10.7. The largest absolute Gasteiger partial charge is 0.394 e. The van der Waals surface area contributed by atoms with E-state index in [4.69, 9.17) is 14.2 Å². The van der Waals surface area contributed by atoms with Crippen LogP contribution in [0.1, 0.15) is 40.5 Å². The van der Waals surface area contributed by atoms with Gasteiger partial charge in [-0.25, -0.2) is 0 Å². The molecule has 0 amide bonds. The van der Waals surface area contributed by atoms with E-state index in [1.807, 2.05) is 6.92 Å². The Morgan fingerprint density at radius 1 is 1.19 bits per heavy atom. The van der Waals surface area contributed by atoms with Crippen molar-refractivity contribution in [3.63, 3.8) is 0 Å². The van der Waals surface area contributed by atoms with Crippen molar-refractivity contribution < 1.29 is 19.3 Å². The van der Waals surface area contributed by atoms with Crippen LogP contribution in [0, 0.1) is 5.41 Å². The minimum absolute atomic E-state index is 0.0211.